The van der Waals surface area contributed by atoms with E-state index in [1.54, 1.807) is 0 Å². The second kappa shape index (κ2) is 9.21. The topological polar surface area (TPSA) is 3.24 Å². The molecule has 0 fully saturated rings. The van der Waals surface area contributed by atoms with Crippen molar-refractivity contribution in [1.82, 2.24) is 4.90 Å². The lowest BCUT2D eigenvalue weighted by Gasteiger charge is -2.27. The van der Waals surface area contributed by atoms with Crippen LogP contribution in [0.2, 0.25) is 0 Å². The first-order valence-electron chi connectivity index (χ1n) is 6.86. The molecule has 0 spiro atoms. The van der Waals surface area contributed by atoms with Gasteiger partial charge in [0.25, 0.3) is 0 Å². The van der Waals surface area contributed by atoms with Crippen LogP contribution in [0.25, 0.3) is 0 Å². The highest BCUT2D eigenvalue weighted by atomic mass is 15.1. The van der Waals surface area contributed by atoms with Crippen molar-refractivity contribution < 1.29 is 0 Å². The maximum Gasteiger partial charge on any atom is 0.000703 e. The third kappa shape index (κ3) is 7.84. The Kier molecular flexibility index (Phi) is 9.18. The highest BCUT2D eigenvalue weighted by Crippen LogP contribution is 2.10. The lowest BCUT2D eigenvalue weighted by Crippen LogP contribution is -2.33. The minimum Gasteiger partial charge on any atom is -0.303 e. The van der Waals surface area contributed by atoms with Crippen LogP contribution >= 0.6 is 0 Å². The first-order valence-corrected chi connectivity index (χ1v) is 6.86. The highest BCUT2D eigenvalue weighted by Gasteiger charge is 2.11. The lowest BCUT2D eigenvalue weighted by atomic mass is 10.1. The molecule has 0 aliphatic rings. The quantitative estimate of drug-likeness (QED) is 0.555. The summed E-state index contributed by atoms with van der Waals surface area (Å²) in [6.45, 7) is 15.5. The standard InChI is InChI=1S/C14H31N/c1-6-9-10-15(11-13(4)7-2)12-14(5)8-3/h13-14H,6-12H2,1-5H3. The van der Waals surface area contributed by atoms with Crippen molar-refractivity contribution in [3.63, 3.8) is 0 Å². The molecule has 0 aromatic heterocycles. The van der Waals surface area contributed by atoms with E-state index < -0.39 is 0 Å². The fourth-order valence-corrected chi connectivity index (χ4v) is 1.78. The molecule has 15 heavy (non-hydrogen) atoms. The Hall–Kier alpha value is -0.0400. The Morgan fingerprint density at radius 1 is 0.867 bits per heavy atom. The lowest BCUT2D eigenvalue weighted by molar-refractivity contribution is 0.201. The summed E-state index contributed by atoms with van der Waals surface area (Å²) < 4.78 is 0. The van der Waals surface area contributed by atoms with Crippen molar-refractivity contribution in [3.8, 4) is 0 Å². The van der Waals surface area contributed by atoms with Crippen LogP contribution in [0.5, 0.6) is 0 Å². The van der Waals surface area contributed by atoms with Crippen LogP contribution in [0.3, 0.4) is 0 Å². The molecule has 1 heteroatoms. The molecular formula is C14H31N. The van der Waals surface area contributed by atoms with Gasteiger partial charge in [-0.3, -0.25) is 0 Å². The zero-order chi connectivity index (χ0) is 11.7. The molecule has 0 heterocycles. The van der Waals surface area contributed by atoms with Gasteiger partial charge in [0.15, 0.2) is 0 Å². The van der Waals surface area contributed by atoms with Crippen LogP contribution in [0.1, 0.15) is 60.3 Å². The van der Waals surface area contributed by atoms with E-state index in [1.807, 2.05) is 0 Å². The van der Waals surface area contributed by atoms with E-state index in [0.29, 0.717) is 0 Å². The number of unbranched alkanes of at least 4 members (excludes halogenated alkanes) is 1. The number of hydrogen-bond donors (Lipinski definition) is 0. The first kappa shape index (κ1) is 15.0. The summed E-state index contributed by atoms with van der Waals surface area (Å²) in [5.74, 6) is 1.71. The van der Waals surface area contributed by atoms with Gasteiger partial charge in [0.1, 0.15) is 0 Å². The molecule has 1 nitrogen and oxygen atoms in total. The van der Waals surface area contributed by atoms with Gasteiger partial charge in [0.05, 0.1) is 0 Å². The summed E-state index contributed by atoms with van der Waals surface area (Å²) in [5, 5.41) is 0. The van der Waals surface area contributed by atoms with E-state index in [0.717, 1.165) is 11.8 Å². The Labute approximate surface area is 97.2 Å². The SMILES string of the molecule is CCCCN(CC(C)CC)CC(C)CC. The van der Waals surface area contributed by atoms with Gasteiger partial charge in [-0.25, -0.2) is 0 Å². The maximum absolute atomic E-state index is 2.67. The van der Waals surface area contributed by atoms with Crippen molar-refractivity contribution in [3.05, 3.63) is 0 Å². The van der Waals surface area contributed by atoms with Crippen molar-refractivity contribution in [2.24, 2.45) is 11.8 Å². The molecule has 0 radical (unpaired) electrons. The molecular weight excluding hydrogens is 182 g/mol. The summed E-state index contributed by atoms with van der Waals surface area (Å²) in [6.07, 6.45) is 5.29. The van der Waals surface area contributed by atoms with E-state index in [2.05, 4.69) is 39.5 Å². The van der Waals surface area contributed by atoms with Gasteiger partial charge in [-0.05, 0) is 24.8 Å². The summed E-state index contributed by atoms with van der Waals surface area (Å²) in [4.78, 5) is 2.67. The normalized spacial score (nSPS) is 15.6. The molecule has 2 atom stereocenters. The monoisotopic (exact) mass is 213 g/mol. The number of nitrogens with zero attached hydrogens (tertiary/aromatic N) is 1. The fraction of sp³-hybridized carbons (Fsp3) is 1.00. The van der Waals surface area contributed by atoms with Crippen LogP contribution in [0, 0.1) is 11.8 Å². The van der Waals surface area contributed by atoms with Crippen molar-refractivity contribution >= 4 is 0 Å². The molecule has 0 saturated heterocycles. The second-order valence-electron chi connectivity index (χ2n) is 5.14. The van der Waals surface area contributed by atoms with Gasteiger partial charge in [0, 0.05) is 13.1 Å². The van der Waals surface area contributed by atoms with E-state index in [-0.39, 0.29) is 0 Å². The van der Waals surface area contributed by atoms with Gasteiger partial charge in [-0.2, -0.15) is 0 Å². The van der Waals surface area contributed by atoms with Crippen LogP contribution in [-0.2, 0) is 0 Å². The second-order valence-corrected chi connectivity index (χ2v) is 5.14. The Morgan fingerprint density at radius 3 is 1.67 bits per heavy atom. The van der Waals surface area contributed by atoms with Gasteiger partial charge in [-0.15, -0.1) is 0 Å². The van der Waals surface area contributed by atoms with Gasteiger partial charge in [0.2, 0.25) is 0 Å². The molecule has 0 amide bonds. The van der Waals surface area contributed by atoms with Gasteiger partial charge >= 0.3 is 0 Å². The van der Waals surface area contributed by atoms with Crippen LogP contribution in [-0.4, -0.2) is 24.5 Å². The minimum absolute atomic E-state index is 0.853. The minimum atomic E-state index is 0.853. The fourth-order valence-electron chi connectivity index (χ4n) is 1.78. The molecule has 0 aliphatic heterocycles. The largest absolute Gasteiger partial charge is 0.303 e. The smallest absolute Gasteiger partial charge is 0.000703 e. The highest BCUT2D eigenvalue weighted by molar-refractivity contribution is 4.65. The summed E-state index contributed by atoms with van der Waals surface area (Å²) in [7, 11) is 0. The summed E-state index contributed by atoms with van der Waals surface area (Å²) in [5.41, 5.74) is 0. The summed E-state index contributed by atoms with van der Waals surface area (Å²) in [6, 6.07) is 0. The predicted octanol–water partition coefficient (Wildman–Crippen LogP) is 4.18. The van der Waals surface area contributed by atoms with Crippen LogP contribution in [0.4, 0.5) is 0 Å². The third-order valence-electron chi connectivity index (χ3n) is 3.36. The molecule has 0 aromatic rings. The summed E-state index contributed by atoms with van der Waals surface area (Å²) >= 11 is 0. The molecule has 2 unspecified atom stereocenters. The zero-order valence-electron chi connectivity index (χ0n) is 11.6. The van der Waals surface area contributed by atoms with E-state index in [1.165, 1.54) is 45.3 Å². The van der Waals surface area contributed by atoms with Crippen molar-refractivity contribution in [2.75, 3.05) is 19.6 Å². The average molecular weight is 213 g/mol. The third-order valence-corrected chi connectivity index (χ3v) is 3.36. The van der Waals surface area contributed by atoms with Crippen LogP contribution < -0.4 is 0 Å². The molecule has 0 rings (SSSR count). The number of hydrogen-bond acceptors (Lipinski definition) is 1. The van der Waals surface area contributed by atoms with E-state index in [9.17, 15) is 0 Å². The Balaban J connectivity index is 3.93. The van der Waals surface area contributed by atoms with Gasteiger partial charge < -0.3 is 4.90 Å². The molecule has 0 bridgehead atoms. The molecule has 0 aromatic carbocycles. The zero-order valence-corrected chi connectivity index (χ0v) is 11.6. The first-order chi connectivity index (χ1) is 7.13. The predicted molar refractivity (Wildman–Crippen MR) is 70.3 cm³/mol. The van der Waals surface area contributed by atoms with E-state index in [4.69, 9.17) is 0 Å². The maximum atomic E-state index is 2.67. The molecule has 92 valence electrons. The Morgan fingerprint density at radius 2 is 1.33 bits per heavy atom. The Bertz CT molecular complexity index is 121. The van der Waals surface area contributed by atoms with E-state index >= 15 is 0 Å². The molecule has 0 N–H and O–H groups in total. The van der Waals surface area contributed by atoms with Gasteiger partial charge in [-0.1, -0.05) is 53.9 Å². The van der Waals surface area contributed by atoms with Crippen LogP contribution in [0.15, 0.2) is 0 Å². The average Bonchev–Trinajstić information content (AvgIpc) is 2.25. The van der Waals surface area contributed by atoms with Crippen molar-refractivity contribution in [2.45, 2.75) is 60.3 Å². The molecule has 0 saturated carbocycles. The van der Waals surface area contributed by atoms with Crippen molar-refractivity contribution in [1.29, 1.82) is 0 Å². The number of rotatable bonds is 9. The molecule has 0 aliphatic carbocycles.